The van der Waals surface area contributed by atoms with Gasteiger partial charge in [-0.15, -0.1) is 11.3 Å². The molecule has 2 aromatic rings. The first-order valence-electron chi connectivity index (χ1n) is 11.3. The van der Waals surface area contributed by atoms with Gasteiger partial charge < -0.3 is 9.84 Å². The Bertz CT molecular complexity index is 847. The van der Waals surface area contributed by atoms with Gasteiger partial charge in [-0.25, -0.2) is 4.99 Å². The van der Waals surface area contributed by atoms with Gasteiger partial charge >= 0.3 is 0 Å². The summed E-state index contributed by atoms with van der Waals surface area (Å²) in [6.07, 6.45) is 10.9. The van der Waals surface area contributed by atoms with E-state index in [0.717, 1.165) is 22.4 Å². The maximum Gasteiger partial charge on any atom is 0.216 e. The predicted octanol–water partition coefficient (Wildman–Crippen LogP) is 6.51. The van der Waals surface area contributed by atoms with Gasteiger partial charge in [0, 0.05) is 27.8 Å². The van der Waals surface area contributed by atoms with E-state index in [1.165, 1.54) is 51.4 Å². The molecule has 3 rings (SSSR count). The molecular formula is C26H33NO2S. The van der Waals surface area contributed by atoms with Crippen LogP contribution in [-0.4, -0.2) is 23.7 Å². The Hall–Kier alpha value is -2.09. The Labute approximate surface area is 185 Å². The first-order chi connectivity index (χ1) is 14.8. The molecule has 0 saturated heterocycles. The van der Waals surface area contributed by atoms with Crippen LogP contribution in [0.4, 0.5) is 0 Å². The number of unbranched alkanes of at least 4 members (excludes halogenated alkanes) is 8. The van der Waals surface area contributed by atoms with Gasteiger partial charge in [-0.2, -0.15) is 0 Å². The van der Waals surface area contributed by atoms with E-state index < -0.39 is 6.10 Å². The summed E-state index contributed by atoms with van der Waals surface area (Å²) in [5.74, 6) is 7.14. The Balaban J connectivity index is 1.41. The summed E-state index contributed by atoms with van der Waals surface area (Å²) in [5, 5.41) is 12.7. The average molecular weight is 424 g/mol. The Kier molecular flexibility index (Phi) is 9.47. The van der Waals surface area contributed by atoms with E-state index in [1.807, 2.05) is 41.8 Å². The Morgan fingerprint density at radius 2 is 1.83 bits per heavy atom. The largest absolute Gasteiger partial charge is 0.475 e. The molecule has 0 radical (unpaired) electrons. The molecule has 3 nitrogen and oxygen atoms in total. The molecule has 1 aliphatic rings. The topological polar surface area (TPSA) is 41.8 Å². The Morgan fingerprint density at radius 3 is 2.60 bits per heavy atom. The number of rotatable bonds is 11. The van der Waals surface area contributed by atoms with Crippen LogP contribution in [0, 0.1) is 11.8 Å². The molecule has 1 aromatic heterocycles. The van der Waals surface area contributed by atoms with Gasteiger partial charge in [0.2, 0.25) is 5.90 Å². The fourth-order valence-corrected chi connectivity index (χ4v) is 4.45. The molecular weight excluding hydrogens is 390 g/mol. The third-order valence-corrected chi connectivity index (χ3v) is 6.36. The highest BCUT2D eigenvalue weighted by molar-refractivity contribution is 7.10. The number of hydrogen-bond acceptors (Lipinski definition) is 4. The number of benzene rings is 1. The van der Waals surface area contributed by atoms with Crippen molar-refractivity contribution in [2.45, 2.75) is 76.9 Å². The minimum atomic E-state index is -0.653. The van der Waals surface area contributed by atoms with Crippen molar-refractivity contribution in [3.05, 3.63) is 57.8 Å². The molecule has 2 heterocycles. The highest BCUT2D eigenvalue weighted by Crippen LogP contribution is 2.29. The van der Waals surface area contributed by atoms with E-state index in [-0.39, 0.29) is 6.04 Å². The summed E-state index contributed by atoms with van der Waals surface area (Å²) in [7, 11) is 0. The van der Waals surface area contributed by atoms with E-state index in [2.05, 4.69) is 23.8 Å². The van der Waals surface area contributed by atoms with Gasteiger partial charge in [0.05, 0.1) is 0 Å². The highest BCUT2D eigenvalue weighted by Gasteiger charge is 2.28. The van der Waals surface area contributed by atoms with Gasteiger partial charge in [-0.05, 0) is 24.6 Å². The van der Waals surface area contributed by atoms with E-state index >= 15 is 0 Å². The van der Waals surface area contributed by atoms with Gasteiger partial charge in [-0.3, -0.25) is 0 Å². The van der Waals surface area contributed by atoms with Crippen LogP contribution in [0.5, 0.6) is 0 Å². The quantitative estimate of drug-likeness (QED) is 0.331. The van der Waals surface area contributed by atoms with Crippen molar-refractivity contribution < 1.29 is 9.84 Å². The van der Waals surface area contributed by atoms with Gasteiger partial charge in [-0.1, -0.05) is 81.9 Å². The summed E-state index contributed by atoms with van der Waals surface area (Å²) in [5.41, 5.74) is 1.94. The second-order valence-electron chi connectivity index (χ2n) is 7.89. The maximum atomic E-state index is 10.7. The SMILES string of the molecule is CCCCCCCCCCC#Cc1csc(C(O)C2COC(c3ccccc3)=N2)c1. The first-order valence-corrected chi connectivity index (χ1v) is 12.2. The van der Waals surface area contributed by atoms with E-state index in [9.17, 15) is 5.11 Å². The third-order valence-electron chi connectivity index (χ3n) is 5.36. The van der Waals surface area contributed by atoms with Crippen molar-refractivity contribution in [2.75, 3.05) is 6.61 Å². The second kappa shape index (κ2) is 12.6. The summed E-state index contributed by atoms with van der Waals surface area (Å²) in [6, 6.07) is 11.6. The maximum absolute atomic E-state index is 10.7. The van der Waals surface area contributed by atoms with Crippen LogP contribution in [0.25, 0.3) is 0 Å². The number of aliphatic imine (C=N–C) groups is 1. The van der Waals surface area contributed by atoms with Crippen molar-refractivity contribution in [3.8, 4) is 11.8 Å². The average Bonchev–Trinajstić information content (AvgIpc) is 3.45. The number of hydrogen-bond donors (Lipinski definition) is 1. The van der Waals surface area contributed by atoms with E-state index in [4.69, 9.17) is 4.74 Å². The van der Waals surface area contributed by atoms with Crippen LogP contribution in [0.2, 0.25) is 0 Å². The van der Waals surface area contributed by atoms with Crippen molar-refractivity contribution in [3.63, 3.8) is 0 Å². The molecule has 1 aromatic carbocycles. The van der Waals surface area contributed by atoms with Gasteiger partial charge in [0.1, 0.15) is 18.8 Å². The summed E-state index contributed by atoms with van der Waals surface area (Å²) < 4.78 is 5.71. The molecule has 0 amide bonds. The van der Waals surface area contributed by atoms with Crippen molar-refractivity contribution in [1.82, 2.24) is 0 Å². The molecule has 1 N–H and O–H groups in total. The standard InChI is InChI=1S/C26H33NO2S/c1-2-3-4-5-6-7-8-9-10-12-15-21-18-24(30-20-21)25(28)23-19-29-26(27-23)22-16-13-11-14-17-22/h11,13-14,16-18,20,23,25,28H,2-10,19H2,1H3. The number of nitrogens with zero attached hydrogens (tertiary/aromatic N) is 1. The van der Waals surface area contributed by atoms with Crippen LogP contribution in [0.3, 0.4) is 0 Å². The molecule has 0 saturated carbocycles. The zero-order valence-electron chi connectivity index (χ0n) is 18.0. The van der Waals surface area contributed by atoms with Crippen molar-refractivity contribution >= 4 is 17.2 Å². The summed E-state index contributed by atoms with van der Waals surface area (Å²) >= 11 is 1.55. The fourth-order valence-electron chi connectivity index (χ4n) is 3.56. The summed E-state index contributed by atoms with van der Waals surface area (Å²) in [6.45, 7) is 2.66. The first kappa shape index (κ1) is 22.6. The number of aliphatic hydroxyl groups excluding tert-OH is 1. The zero-order chi connectivity index (χ0) is 21.0. The fraction of sp³-hybridized carbons (Fsp3) is 0.500. The van der Waals surface area contributed by atoms with Crippen LogP contribution in [-0.2, 0) is 4.74 Å². The molecule has 0 bridgehead atoms. The monoisotopic (exact) mass is 423 g/mol. The number of ether oxygens (including phenoxy) is 1. The highest BCUT2D eigenvalue weighted by atomic mass is 32.1. The van der Waals surface area contributed by atoms with Crippen molar-refractivity contribution in [1.29, 1.82) is 0 Å². The molecule has 0 spiro atoms. The molecule has 1 aliphatic heterocycles. The zero-order valence-corrected chi connectivity index (χ0v) is 18.8. The van der Waals surface area contributed by atoms with Crippen molar-refractivity contribution in [2.24, 2.45) is 4.99 Å². The van der Waals surface area contributed by atoms with Gasteiger partial charge in [0.15, 0.2) is 0 Å². The van der Waals surface area contributed by atoms with Crippen LogP contribution in [0.15, 0.2) is 46.8 Å². The lowest BCUT2D eigenvalue weighted by atomic mass is 10.1. The molecule has 30 heavy (non-hydrogen) atoms. The lowest BCUT2D eigenvalue weighted by Crippen LogP contribution is -2.16. The molecule has 2 unspecified atom stereocenters. The predicted molar refractivity (Wildman–Crippen MR) is 126 cm³/mol. The number of thiophene rings is 1. The van der Waals surface area contributed by atoms with Crippen LogP contribution >= 0.6 is 11.3 Å². The number of aliphatic hydroxyl groups is 1. The third kappa shape index (κ3) is 7.00. The molecule has 0 aliphatic carbocycles. The molecule has 160 valence electrons. The van der Waals surface area contributed by atoms with E-state index in [0.29, 0.717) is 12.5 Å². The smallest absolute Gasteiger partial charge is 0.216 e. The summed E-state index contributed by atoms with van der Waals surface area (Å²) in [4.78, 5) is 5.49. The lowest BCUT2D eigenvalue weighted by Gasteiger charge is -2.11. The van der Waals surface area contributed by atoms with Gasteiger partial charge in [0.25, 0.3) is 0 Å². The van der Waals surface area contributed by atoms with Crippen LogP contribution in [0.1, 0.15) is 86.8 Å². The minimum Gasteiger partial charge on any atom is -0.475 e. The Morgan fingerprint density at radius 1 is 1.10 bits per heavy atom. The molecule has 4 heteroatoms. The van der Waals surface area contributed by atoms with E-state index in [1.54, 1.807) is 11.3 Å². The molecule has 0 fully saturated rings. The lowest BCUT2D eigenvalue weighted by molar-refractivity contribution is 0.133. The van der Waals surface area contributed by atoms with Crippen LogP contribution < -0.4 is 0 Å². The second-order valence-corrected chi connectivity index (χ2v) is 8.83. The molecule has 2 atom stereocenters. The normalized spacial score (nSPS) is 16.5. The minimum absolute atomic E-state index is 0.267.